The van der Waals surface area contributed by atoms with Crippen LogP contribution in [0.3, 0.4) is 0 Å². The molecule has 1 amide bonds. The maximum absolute atomic E-state index is 13.2. The number of primary amides is 1. The number of rotatable bonds is 12. The van der Waals surface area contributed by atoms with Gasteiger partial charge in [0.2, 0.25) is 11.8 Å². The highest BCUT2D eigenvalue weighted by atomic mass is 16.5. The number of ether oxygens (including phenoxy) is 1. The normalized spacial score (nSPS) is 12.3. The summed E-state index contributed by atoms with van der Waals surface area (Å²) in [7, 11) is 4.07. The minimum Gasteiger partial charge on any atom is -0.471 e. The number of fused-ring (bicyclic) bond motifs is 1. The van der Waals surface area contributed by atoms with Crippen molar-refractivity contribution in [2.45, 2.75) is 39.2 Å². The molecule has 0 spiro atoms. The monoisotopic (exact) mass is 524 g/mol. The number of carbonyl (C=O) groups excluding carboxylic acids is 2. The summed E-state index contributed by atoms with van der Waals surface area (Å²) in [6, 6.07) is 25.0. The fourth-order valence-electron chi connectivity index (χ4n) is 5.23. The van der Waals surface area contributed by atoms with Crippen molar-refractivity contribution < 1.29 is 18.8 Å². The molecule has 4 aromatic rings. The molecule has 0 saturated heterocycles. The molecule has 6 nitrogen and oxygen atoms in total. The quantitative estimate of drug-likeness (QED) is 0.226. The zero-order valence-electron chi connectivity index (χ0n) is 23.3. The molecule has 202 valence electrons. The van der Waals surface area contributed by atoms with Gasteiger partial charge in [0.1, 0.15) is 13.2 Å². The number of aryl methyl sites for hydroxylation is 1. The number of pyridine rings is 1. The van der Waals surface area contributed by atoms with E-state index in [-0.39, 0.29) is 5.78 Å². The lowest BCUT2D eigenvalue weighted by Crippen LogP contribution is -2.48. The van der Waals surface area contributed by atoms with E-state index in [4.69, 9.17) is 15.5 Å². The average molecular weight is 525 g/mol. The van der Waals surface area contributed by atoms with E-state index in [1.807, 2.05) is 68.7 Å². The Morgan fingerprint density at radius 3 is 2.38 bits per heavy atom. The van der Waals surface area contributed by atoms with Gasteiger partial charge in [-0.3, -0.25) is 9.59 Å². The number of quaternary nitrogens is 1. The van der Waals surface area contributed by atoms with Crippen LogP contribution in [0.1, 0.15) is 54.3 Å². The van der Waals surface area contributed by atoms with Crippen LogP contribution in [0, 0.1) is 0 Å². The molecule has 0 aliphatic rings. The van der Waals surface area contributed by atoms with Gasteiger partial charge >= 0.3 is 0 Å². The number of hydrogen-bond acceptors (Lipinski definition) is 4. The number of likely N-dealkylation sites (N-methyl/N-ethyl adjacent to an activating group) is 1. The highest BCUT2D eigenvalue weighted by Gasteiger charge is 2.36. The van der Waals surface area contributed by atoms with E-state index in [9.17, 15) is 9.59 Å². The van der Waals surface area contributed by atoms with Crippen LogP contribution < -0.4 is 10.5 Å². The summed E-state index contributed by atoms with van der Waals surface area (Å²) >= 11 is 0. The van der Waals surface area contributed by atoms with Gasteiger partial charge in [0, 0.05) is 29.1 Å². The Kier molecular flexibility index (Phi) is 8.77. The Labute approximate surface area is 231 Å². The largest absolute Gasteiger partial charge is 0.471 e. The number of nitrogens with two attached hydrogens (primary N) is 1. The van der Waals surface area contributed by atoms with E-state index in [1.54, 1.807) is 19.1 Å². The summed E-state index contributed by atoms with van der Waals surface area (Å²) in [6.07, 6.45) is 3.09. The summed E-state index contributed by atoms with van der Waals surface area (Å²) in [4.78, 5) is 30.0. The first kappa shape index (κ1) is 28.0. The highest BCUT2D eigenvalue weighted by molar-refractivity contribution is 5.95. The van der Waals surface area contributed by atoms with Crippen LogP contribution in [0.15, 0.2) is 78.9 Å². The molecule has 0 radical (unpaired) electrons. The predicted octanol–water partition coefficient (Wildman–Crippen LogP) is 6.13. The number of benzene rings is 3. The van der Waals surface area contributed by atoms with Crippen LogP contribution in [0.2, 0.25) is 0 Å². The fraction of sp³-hybridized carbons (Fsp3) is 0.303. The minimum atomic E-state index is -0.499. The molecule has 3 aromatic carbocycles. The second-order valence-corrected chi connectivity index (χ2v) is 10.6. The van der Waals surface area contributed by atoms with Crippen molar-refractivity contribution in [1.29, 1.82) is 0 Å². The third kappa shape index (κ3) is 6.52. The molecule has 1 aromatic heterocycles. The van der Waals surface area contributed by atoms with E-state index in [0.717, 1.165) is 52.4 Å². The van der Waals surface area contributed by atoms with Crippen molar-refractivity contribution >= 4 is 22.5 Å². The van der Waals surface area contributed by atoms with E-state index < -0.39 is 11.9 Å². The van der Waals surface area contributed by atoms with Crippen molar-refractivity contribution in [3.05, 3.63) is 95.7 Å². The number of ketones is 1. The highest BCUT2D eigenvalue weighted by Crippen LogP contribution is 2.35. The van der Waals surface area contributed by atoms with Gasteiger partial charge in [-0.05, 0) is 53.6 Å². The van der Waals surface area contributed by atoms with Gasteiger partial charge in [0.05, 0.1) is 14.1 Å². The van der Waals surface area contributed by atoms with Gasteiger partial charge in [0.15, 0.2) is 11.8 Å². The molecule has 0 bridgehead atoms. The van der Waals surface area contributed by atoms with Crippen LogP contribution in [0.4, 0.5) is 0 Å². The second-order valence-electron chi connectivity index (χ2n) is 10.6. The number of nitrogens with zero attached hydrogens (tertiary/aromatic N) is 2. The van der Waals surface area contributed by atoms with Crippen LogP contribution in [0.25, 0.3) is 21.9 Å². The number of hydrogen-bond donors (Lipinski definition) is 1. The van der Waals surface area contributed by atoms with E-state index in [0.29, 0.717) is 29.1 Å². The lowest BCUT2D eigenvalue weighted by Gasteiger charge is -2.37. The number of unbranched alkanes of at least 4 members (excludes halogenated alkanes) is 1. The molecule has 2 N–H and O–H groups in total. The first-order valence-electron chi connectivity index (χ1n) is 13.5. The number of Topliss-reactive ketones (excluding diaryl/α,β-unsaturated/α-hetero) is 1. The van der Waals surface area contributed by atoms with Crippen LogP contribution in [-0.4, -0.2) is 48.4 Å². The molecule has 1 atom stereocenters. The number of amides is 1. The summed E-state index contributed by atoms with van der Waals surface area (Å²) in [5, 5.41) is 2.10. The van der Waals surface area contributed by atoms with Crippen molar-refractivity contribution in [2.24, 2.45) is 5.73 Å². The standard InChI is InChI=1S/C33H37N3O3/c1-5-6-15-27-21-25-14-10-11-16-28(25)33(35-27)39-20-19-36(3,4)31(23(2)37)29-18-17-26(32(34)38)22-30(29)24-12-8-7-9-13-24/h7-14,16-18,21-22,31H,5-6,15,19-20H2,1-4H3,(H-,34,38)/p+1/t31-/m0/s1. The number of carbonyl (C=O) groups is 2. The lowest BCUT2D eigenvalue weighted by atomic mass is 9.89. The Hall–Kier alpha value is -4.03. The lowest BCUT2D eigenvalue weighted by molar-refractivity contribution is -0.911. The average Bonchev–Trinajstić information content (AvgIpc) is 2.92. The van der Waals surface area contributed by atoms with Gasteiger partial charge in [-0.2, -0.15) is 0 Å². The SMILES string of the molecule is CCCCc1cc2ccccc2c(OCC[N+](C)(C)[C@@H](C(C)=O)c2ccc(C(N)=O)cc2-c2ccccc2)n1. The van der Waals surface area contributed by atoms with Crippen molar-refractivity contribution in [1.82, 2.24) is 4.98 Å². The Morgan fingerprint density at radius 2 is 1.69 bits per heavy atom. The molecular weight excluding hydrogens is 486 g/mol. The zero-order chi connectivity index (χ0) is 28.0. The summed E-state index contributed by atoms with van der Waals surface area (Å²) in [6.45, 7) is 4.76. The van der Waals surface area contributed by atoms with Crippen molar-refractivity contribution in [3.8, 4) is 17.0 Å². The minimum absolute atomic E-state index is 0.0362. The summed E-state index contributed by atoms with van der Waals surface area (Å²) < 4.78 is 6.68. The molecular formula is C33H38N3O3+. The van der Waals surface area contributed by atoms with Crippen LogP contribution >= 0.6 is 0 Å². The molecule has 0 fully saturated rings. The first-order chi connectivity index (χ1) is 18.7. The molecule has 4 rings (SSSR count). The fourth-order valence-corrected chi connectivity index (χ4v) is 5.23. The van der Waals surface area contributed by atoms with Gasteiger partial charge in [-0.1, -0.05) is 67.9 Å². The second kappa shape index (κ2) is 12.2. The van der Waals surface area contributed by atoms with E-state index in [1.165, 1.54) is 0 Å². The van der Waals surface area contributed by atoms with Gasteiger partial charge < -0.3 is 15.0 Å². The van der Waals surface area contributed by atoms with Crippen molar-refractivity contribution in [3.63, 3.8) is 0 Å². The Morgan fingerprint density at radius 1 is 0.974 bits per heavy atom. The molecule has 1 heterocycles. The molecule has 0 aliphatic heterocycles. The molecule has 39 heavy (non-hydrogen) atoms. The van der Waals surface area contributed by atoms with Crippen molar-refractivity contribution in [2.75, 3.05) is 27.2 Å². The molecule has 0 saturated carbocycles. The maximum Gasteiger partial charge on any atom is 0.248 e. The summed E-state index contributed by atoms with van der Waals surface area (Å²) in [5.41, 5.74) is 9.65. The Bertz CT molecular complexity index is 1460. The third-order valence-electron chi connectivity index (χ3n) is 7.25. The van der Waals surface area contributed by atoms with Crippen LogP contribution in [0.5, 0.6) is 5.88 Å². The molecule has 6 heteroatoms. The first-order valence-corrected chi connectivity index (χ1v) is 13.5. The smallest absolute Gasteiger partial charge is 0.248 e. The third-order valence-corrected chi connectivity index (χ3v) is 7.25. The molecule has 0 unspecified atom stereocenters. The van der Waals surface area contributed by atoms with Crippen LogP contribution in [-0.2, 0) is 11.2 Å². The van der Waals surface area contributed by atoms with Gasteiger partial charge in [-0.25, -0.2) is 4.98 Å². The number of aromatic nitrogens is 1. The van der Waals surface area contributed by atoms with E-state index in [2.05, 4.69) is 19.1 Å². The van der Waals surface area contributed by atoms with Gasteiger partial charge in [0.25, 0.3) is 0 Å². The molecule has 0 aliphatic carbocycles. The zero-order valence-corrected chi connectivity index (χ0v) is 23.3. The predicted molar refractivity (Wildman–Crippen MR) is 157 cm³/mol. The Balaban J connectivity index is 1.63. The van der Waals surface area contributed by atoms with Gasteiger partial charge in [-0.15, -0.1) is 0 Å². The maximum atomic E-state index is 13.2. The summed E-state index contributed by atoms with van der Waals surface area (Å²) in [5.74, 6) is 0.171. The topological polar surface area (TPSA) is 82.3 Å². The van der Waals surface area contributed by atoms with E-state index >= 15 is 0 Å².